The van der Waals surface area contributed by atoms with Crippen LogP contribution in [0.2, 0.25) is 0 Å². The first-order chi connectivity index (χ1) is 17.5. The van der Waals surface area contributed by atoms with Gasteiger partial charge in [0.2, 0.25) is 5.91 Å². The van der Waals surface area contributed by atoms with Crippen LogP contribution < -0.4 is 10.1 Å². The van der Waals surface area contributed by atoms with Gasteiger partial charge in [0.05, 0.1) is 38.3 Å². The molecule has 6 nitrogen and oxygen atoms in total. The van der Waals surface area contributed by atoms with Crippen molar-refractivity contribution in [2.45, 2.75) is 71.0 Å². The second-order valence-electron chi connectivity index (χ2n) is 9.65. The summed E-state index contributed by atoms with van der Waals surface area (Å²) in [6.07, 6.45) is 7.67. The highest BCUT2D eigenvalue weighted by Crippen LogP contribution is 2.35. The zero-order valence-electron chi connectivity index (χ0n) is 21.2. The minimum absolute atomic E-state index is 0.190. The lowest BCUT2D eigenvalue weighted by Gasteiger charge is -2.28. The molecule has 2 aromatic rings. The summed E-state index contributed by atoms with van der Waals surface area (Å²) in [5.74, 6) is -1.58. The Hall–Kier alpha value is -2.93. The Labute approximate surface area is 212 Å². The van der Waals surface area contributed by atoms with Crippen LogP contribution in [0, 0.1) is 17.7 Å². The molecule has 1 amide bonds. The van der Waals surface area contributed by atoms with Gasteiger partial charge in [0.1, 0.15) is 0 Å². The van der Waals surface area contributed by atoms with Gasteiger partial charge in [-0.25, -0.2) is 4.39 Å². The second kappa shape index (κ2) is 12.3. The van der Waals surface area contributed by atoms with Crippen LogP contribution in [0.1, 0.15) is 63.9 Å². The number of rotatable bonds is 9. The van der Waals surface area contributed by atoms with Crippen LogP contribution in [0.3, 0.4) is 0 Å². The smallest absolute Gasteiger partial charge is 0.309 e. The van der Waals surface area contributed by atoms with E-state index in [1.807, 2.05) is 19.1 Å². The molecule has 2 aliphatic carbocycles. The van der Waals surface area contributed by atoms with E-state index in [9.17, 15) is 9.59 Å². The summed E-state index contributed by atoms with van der Waals surface area (Å²) in [5.41, 5.74) is 2.53. The van der Waals surface area contributed by atoms with E-state index in [0.29, 0.717) is 42.9 Å². The first-order valence-electron chi connectivity index (χ1n) is 13.1. The van der Waals surface area contributed by atoms with Crippen molar-refractivity contribution in [3.8, 4) is 16.9 Å². The Morgan fingerprint density at radius 3 is 2.42 bits per heavy atom. The second-order valence-corrected chi connectivity index (χ2v) is 9.65. The highest BCUT2D eigenvalue weighted by molar-refractivity contribution is 5.95. The van der Waals surface area contributed by atoms with Crippen LogP contribution in [0.5, 0.6) is 5.75 Å². The molecule has 2 fully saturated rings. The van der Waals surface area contributed by atoms with Gasteiger partial charge >= 0.3 is 5.97 Å². The highest BCUT2D eigenvalue weighted by atomic mass is 19.1. The molecule has 7 heteroatoms. The number of carbonyl (C=O) groups excluding carboxylic acids is 2. The third kappa shape index (κ3) is 6.06. The molecule has 2 atom stereocenters. The number of benzene rings is 2. The average Bonchev–Trinajstić information content (AvgIpc) is 3.42. The summed E-state index contributed by atoms with van der Waals surface area (Å²) in [6, 6.07) is 10.6. The Morgan fingerprint density at radius 2 is 1.69 bits per heavy atom. The lowest BCUT2D eigenvalue weighted by atomic mass is 9.78. The lowest BCUT2D eigenvalue weighted by molar-refractivity contribution is -0.151. The summed E-state index contributed by atoms with van der Waals surface area (Å²) < 4.78 is 31.9. The molecule has 194 valence electrons. The van der Waals surface area contributed by atoms with Crippen LogP contribution in [0.15, 0.2) is 36.4 Å². The third-order valence-electron chi connectivity index (χ3n) is 7.31. The molecular formula is C29H36FNO5. The van der Waals surface area contributed by atoms with Gasteiger partial charge in [-0.15, -0.1) is 0 Å². The number of methoxy groups -OCH3 is 1. The van der Waals surface area contributed by atoms with Crippen molar-refractivity contribution in [2.24, 2.45) is 11.8 Å². The van der Waals surface area contributed by atoms with Gasteiger partial charge in [0.15, 0.2) is 11.6 Å². The number of ether oxygens (including phenoxy) is 3. The van der Waals surface area contributed by atoms with Gasteiger partial charge < -0.3 is 19.5 Å². The van der Waals surface area contributed by atoms with Gasteiger partial charge in [0.25, 0.3) is 0 Å². The molecule has 0 aliphatic heterocycles. The van der Waals surface area contributed by atoms with Crippen LogP contribution in [0.25, 0.3) is 11.1 Å². The van der Waals surface area contributed by atoms with Gasteiger partial charge in [-0.05, 0) is 61.9 Å². The van der Waals surface area contributed by atoms with Gasteiger partial charge in [-0.2, -0.15) is 0 Å². The van der Waals surface area contributed by atoms with E-state index in [1.54, 1.807) is 24.3 Å². The Kier molecular flexibility index (Phi) is 8.97. The number of carbonyl (C=O) groups is 2. The molecule has 0 spiro atoms. The van der Waals surface area contributed by atoms with E-state index in [0.717, 1.165) is 44.1 Å². The molecule has 0 unspecified atom stereocenters. The molecule has 1 N–H and O–H groups in total. The van der Waals surface area contributed by atoms with Crippen molar-refractivity contribution in [3.63, 3.8) is 0 Å². The van der Waals surface area contributed by atoms with Gasteiger partial charge in [0, 0.05) is 11.3 Å². The molecule has 2 saturated carbocycles. The SMILES string of the molecule is CCOc1cccc(-c2ccc(NC(=O)[C@@H]3CCCC[C@@H]3C(=O)OC)cc2COC2CCCC2)c1F. The summed E-state index contributed by atoms with van der Waals surface area (Å²) in [6.45, 7) is 2.51. The predicted molar refractivity (Wildman–Crippen MR) is 136 cm³/mol. The maximum Gasteiger partial charge on any atom is 0.309 e. The lowest BCUT2D eigenvalue weighted by Crippen LogP contribution is -2.36. The van der Waals surface area contributed by atoms with Crippen molar-refractivity contribution in [1.29, 1.82) is 0 Å². The van der Waals surface area contributed by atoms with E-state index in [2.05, 4.69) is 5.32 Å². The first-order valence-corrected chi connectivity index (χ1v) is 13.1. The van der Waals surface area contributed by atoms with Crippen LogP contribution in [0.4, 0.5) is 10.1 Å². The van der Waals surface area contributed by atoms with Crippen molar-refractivity contribution in [1.82, 2.24) is 0 Å². The van der Waals surface area contributed by atoms with E-state index >= 15 is 4.39 Å². The Morgan fingerprint density at radius 1 is 0.972 bits per heavy atom. The summed E-state index contributed by atoms with van der Waals surface area (Å²) in [4.78, 5) is 25.4. The van der Waals surface area contributed by atoms with Crippen molar-refractivity contribution in [2.75, 3.05) is 19.0 Å². The van der Waals surface area contributed by atoms with Crippen molar-refractivity contribution < 1.29 is 28.2 Å². The quantitative estimate of drug-likeness (QED) is 0.414. The number of hydrogen-bond donors (Lipinski definition) is 1. The predicted octanol–water partition coefficient (Wildman–Crippen LogP) is 6.27. The molecule has 0 saturated heterocycles. The minimum atomic E-state index is -0.427. The summed E-state index contributed by atoms with van der Waals surface area (Å²) in [5, 5.41) is 2.99. The van der Waals surface area contributed by atoms with Gasteiger partial charge in [-0.3, -0.25) is 9.59 Å². The van der Waals surface area contributed by atoms with Crippen molar-refractivity contribution >= 4 is 17.6 Å². The third-order valence-corrected chi connectivity index (χ3v) is 7.31. The number of hydrogen-bond acceptors (Lipinski definition) is 5. The largest absolute Gasteiger partial charge is 0.491 e. The number of anilines is 1. The van der Waals surface area contributed by atoms with Crippen molar-refractivity contribution in [3.05, 3.63) is 47.8 Å². The van der Waals surface area contributed by atoms with Crippen LogP contribution >= 0.6 is 0 Å². The number of esters is 1. The molecule has 0 bridgehead atoms. The number of nitrogens with one attached hydrogen (secondary N) is 1. The Bertz CT molecular complexity index is 1070. The molecular weight excluding hydrogens is 461 g/mol. The summed E-state index contributed by atoms with van der Waals surface area (Å²) in [7, 11) is 1.36. The topological polar surface area (TPSA) is 73.9 Å². The fraction of sp³-hybridized carbons (Fsp3) is 0.517. The van der Waals surface area contributed by atoms with E-state index in [-0.39, 0.29) is 23.7 Å². The molecule has 0 aromatic heterocycles. The maximum atomic E-state index is 15.3. The molecule has 4 rings (SSSR count). The monoisotopic (exact) mass is 497 g/mol. The standard InChI is InChI=1S/C29H36FNO5/c1-3-35-26-14-8-13-23(27(26)30)22-16-15-20(17-19(22)18-36-21-9-4-5-10-21)31-28(32)24-11-6-7-12-25(24)29(33)34-2/h8,13-17,21,24-25H,3-7,9-12,18H2,1-2H3,(H,31,32)/t24-,25+/m1/s1. The Balaban J connectivity index is 1.60. The van der Waals surface area contributed by atoms with E-state index in [4.69, 9.17) is 14.2 Å². The molecule has 0 radical (unpaired) electrons. The minimum Gasteiger partial charge on any atom is -0.491 e. The number of amides is 1. The van der Waals surface area contributed by atoms with Crippen LogP contribution in [-0.2, 0) is 25.7 Å². The molecule has 36 heavy (non-hydrogen) atoms. The average molecular weight is 498 g/mol. The summed E-state index contributed by atoms with van der Waals surface area (Å²) >= 11 is 0. The van der Waals surface area contributed by atoms with Crippen LogP contribution in [-0.4, -0.2) is 31.7 Å². The van der Waals surface area contributed by atoms with E-state index < -0.39 is 17.7 Å². The van der Waals surface area contributed by atoms with E-state index in [1.165, 1.54) is 7.11 Å². The maximum absolute atomic E-state index is 15.3. The molecule has 0 heterocycles. The highest BCUT2D eigenvalue weighted by Gasteiger charge is 2.36. The zero-order valence-corrected chi connectivity index (χ0v) is 21.2. The number of halogens is 1. The fourth-order valence-electron chi connectivity index (χ4n) is 5.42. The first kappa shape index (κ1) is 26.1. The van der Waals surface area contributed by atoms with Gasteiger partial charge in [-0.1, -0.05) is 43.9 Å². The molecule has 2 aliphatic rings. The molecule has 2 aromatic carbocycles. The zero-order chi connectivity index (χ0) is 25.5. The fourth-order valence-corrected chi connectivity index (χ4v) is 5.42. The normalized spacial score (nSPS) is 20.2.